The molecule has 2 aromatic rings. The largest absolute Gasteiger partial charge is 0.416 e. The van der Waals surface area contributed by atoms with Gasteiger partial charge in [0.1, 0.15) is 0 Å². The third-order valence-corrected chi connectivity index (χ3v) is 2.96. The van der Waals surface area contributed by atoms with Crippen molar-refractivity contribution in [1.29, 1.82) is 0 Å². The molecule has 0 spiro atoms. The fourth-order valence-electron chi connectivity index (χ4n) is 1.93. The number of anilines is 1. The van der Waals surface area contributed by atoms with Crippen LogP contribution in [0.2, 0.25) is 0 Å². The molecular formula is C15H15F3N2. The molecule has 0 radical (unpaired) electrons. The van der Waals surface area contributed by atoms with Crippen LogP contribution < -0.4 is 5.32 Å². The molecule has 1 heterocycles. The van der Waals surface area contributed by atoms with Gasteiger partial charge in [0.05, 0.1) is 17.8 Å². The second-order valence-corrected chi connectivity index (χ2v) is 4.65. The molecule has 106 valence electrons. The van der Waals surface area contributed by atoms with Crippen LogP contribution in [0.1, 0.15) is 22.5 Å². The van der Waals surface area contributed by atoms with Crippen molar-refractivity contribution in [3.63, 3.8) is 0 Å². The SMILES string of the molecule is Cc1cccc(CNc2ccc(C)c(C(F)(F)F)c2)n1. The van der Waals surface area contributed by atoms with Crippen LogP contribution in [0.25, 0.3) is 0 Å². The number of rotatable bonds is 3. The molecule has 2 nitrogen and oxygen atoms in total. The molecule has 0 saturated heterocycles. The first-order valence-electron chi connectivity index (χ1n) is 6.20. The third kappa shape index (κ3) is 3.50. The molecule has 0 atom stereocenters. The molecule has 0 amide bonds. The summed E-state index contributed by atoms with van der Waals surface area (Å²) < 4.78 is 38.4. The van der Waals surface area contributed by atoms with E-state index in [1.54, 1.807) is 6.07 Å². The maximum atomic E-state index is 12.8. The van der Waals surface area contributed by atoms with Crippen molar-refractivity contribution < 1.29 is 13.2 Å². The Hall–Kier alpha value is -2.04. The van der Waals surface area contributed by atoms with Crippen LogP contribution in [0, 0.1) is 13.8 Å². The minimum absolute atomic E-state index is 0.219. The zero-order valence-corrected chi connectivity index (χ0v) is 11.3. The average molecular weight is 280 g/mol. The van der Waals surface area contributed by atoms with E-state index in [1.165, 1.54) is 13.0 Å². The third-order valence-electron chi connectivity index (χ3n) is 2.96. The highest BCUT2D eigenvalue weighted by Crippen LogP contribution is 2.33. The molecule has 0 bridgehead atoms. The van der Waals surface area contributed by atoms with Gasteiger partial charge < -0.3 is 5.32 Å². The van der Waals surface area contributed by atoms with Gasteiger partial charge in [-0.05, 0) is 43.7 Å². The topological polar surface area (TPSA) is 24.9 Å². The Morgan fingerprint density at radius 1 is 1.10 bits per heavy atom. The van der Waals surface area contributed by atoms with Crippen molar-refractivity contribution in [2.75, 3.05) is 5.32 Å². The standard InChI is InChI=1S/C15H15F3N2/c1-10-6-7-12(8-14(10)15(16,17)18)19-9-13-5-3-4-11(2)20-13/h3-8,19H,9H2,1-2H3. The summed E-state index contributed by atoms with van der Waals surface area (Å²) in [6, 6.07) is 9.81. The van der Waals surface area contributed by atoms with E-state index < -0.39 is 11.7 Å². The van der Waals surface area contributed by atoms with Gasteiger partial charge in [-0.15, -0.1) is 0 Å². The molecule has 20 heavy (non-hydrogen) atoms. The predicted molar refractivity (Wildman–Crippen MR) is 72.5 cm³/mol. The van der Waals surface area contributed by atoms with E-state index in [0.717, 1.165) is 17.5 Å². The van der Waals surface area contributed by atoms with E-state index in [-0.39, 0.29) is 5.56 Å². The van der Waals surface area contributed by atoms with Crippen molar-refractivity contribution in [1.82, 2.24) is 4.98 Å². The summed E-state index contributed by atoms with van der Waals surface area (Å²) in [5.74, 6) is 0. The Morgan fingerprint density at radius 3 is 2.50 bits per heavy atom. The van der Waals surface area contributed by atoms with Gasteiger partial charge in [-0.3, -0.25) is 4.98 Å². The van der Waals surface area contributed by atoms with Crippen molar-refractivity contribution in [3.05, 3.63) is 58.9 Å². The first-order chi connectivity index (χ1) is 9.36. The number of nitrogens with one attached hydrogen (secondary N) is 1. The lowest BCUT2D eigenvalue weighted by atomic mass is 10.1. The Balaban J connectivity index is 2.14. The molecule has 1 N–H and O–H groups in total. The maximum absolute atomic E-state index is 12.8. The van der Waals surface area contributed by atoms with Gasteiger partial charge in [-0.25, -0.2) is 0 Å². The fraction of sp³-hybridized carbons (Fsp3) is 0.267. The number of aromatic nitrogens is 1. The minimum Gasteiger partial charge on any atom is -0.379 e. The predicted octanol–water partition coefficient (Wildman–Crippen LogP) is 4.33. The summed E-state index contributed by atoms with van der Waals surface area (Å²) in [4.78, 5) is 4.29. The lowest BCUT2D eigenvalue weighted by molar-refractivity contribution is -0.138. The van der Waals surface area contributed by atoms with Crippen LogP contribution >= 0.6 is 0 Å². The van der Waals surface area contributed by atoms with Crippen LogP contribution in [0.4, 0.5) is 18.9 Å². The summed E-state index contributed by atoms with van der Waals surface area (Å²) in [5, 5.41) is 2.97. The highest BCUT2D eigenvalue weighted by molar-refractivity contribution is 5.49. The van der Waals surface area contributed by atoms with E-state index in [9.17, 15) is 13.2 Å². The lowest BCUT2D eigenvalue weighted by Gasteiger charge is -2.13. The molecule has 1 aromatic carbocycles. The normalized spacial score (nSPS) is 11.4. The smallest absolute Gasteiger partial charge is 0.379 e. The van der Waals surface area contributed by atoms with Crippen LogP contribution in [0.5, 0.6) is 0 Å². The summed E-state index contributed by atoms with van der Waals surface area (Å²) >= 11 is 0. The van der Waals surface area contributed by atoms with Gasteiger partial charge in [0.2, 0.25) is 0 Å². The van der Waals surface area contributed by atoms with E-state index in [0.29, 0.717) is 12.2 Å². The zero-order valence-electron chi connectivity index (χ0n) is 11.3. The number of alkyl halides is 3. The van der Waals surface area contributed by atoms with Crippen molar-refractivity contribution >= 4 is 5.69 Å². The van der Waals surface area contributed by atoms with Gasteiger partial charge in [0.15, 0.2) is 0 Å². The van der Waals surface area contributed by atoms with Gasteiger partial charge in [-0.2, -0.15) is 13.2 Å². The first-order valence-corrected chi connectivity index (χ1v) is 6.20. The maximum Gasteiger partial charge on any atom is 0.416 e. The quantitative estimate of drug-likeness (QED) is 0.905. The Bertz CT molecular complexity index is 606. The van der Waals surface area contributed by atoms with Crippen LogP contribution in [-0.4, -0.2) is 4.98 Å². The number of hydrogen-bond acceptors (Lipinski definition) is 2. The molecule has 0 aliphatic heterocycles. The van der Waals surface area contributed by atoms with Crippen molar-refractivity contribution in [2.45, 2.75) is 26.6 Å². The molecule has 5 heteroatoms. The first kappa shape index (κ1) is 14.4. The molecule has 1 aromatic heterocycles. The fourth-order valence-corrected chi connectivity index (χ4v) is 1.93. The van der Waals surface area contributed by atoms with E-state index in [1.807, 2.05) is 25.1 Å². The minimum atomic E-state index is -4.33. The molecule has 2 rings (SSSR count). The van der Waals surface area contributed by atoms with Crippen LogP contribution in [0.3, 0.4) is 0 Å². The second kappa shape index (κ2) is 5.53. The molecule has 0 aliphatic rings. The van der Waals surface area contributed by atoms with E-state index in [2.05, 4.69) is 10.3 Å². The van der Waals surface area contributed by atoms with Crippen molar-refractivity contribution in [3.8, 4) is 0 Å². The van der Waals surface area contributed by atoms with Crippen LogP contribution in [0.15, 0.2) is 36.4 Å². The summed E-state index contributed by atoms with van der Waals surface area (Å²) in [7, 11) is 0. The number of nitrogens with zero attached hydrogens (tertiary/aromatic N) is 1. The average Bonchev–Trinajstić information content (AvgIpc) is 2.36. The Labute approximate surface area is 115 Å². The Morgan fingerprint density at radius 2 is 1.85 bits per heavy atom. The highest BCUT2D eigenvalue weighted by atomic mass is 19.4. The summed E-state index contributed by atoms with van der Waals surface area (Å²) in [6.45, 7) is 3.72. The lowest BCUT2D eigenvalue weighted by Crippen LogP contribution is -2.09. The Kier molecular flexibility index (Phi) is 3.97. The second-order valence-electron chi connectivity index (χ2n) is 4.65. The van der Waals surface area contributed by atoms with E-state index in [4.69, 9.17) is 0 Å². The number of pyridine rings is 1. The molecule has 0 unspecified atom stereocenters. The summed E-state index contributed by atoms with van der Waals surface area (Å²) in [5.41, 5.74) is 1.71. The monoisotopic (exact) mass is 280 g/mol. The number of benzene rings is 1. The summed E-state index contributed by atoms with van der Waals surface area (Å²) in [6.07, 6.45) is -4.33. The molecule has 0 saturated carbocycles. The van der Waals surface area contributed by atoms with Gasteiger partial charge >= 0.3 is 6.18 Å². The molecule has 0 aliphatic carbocycles. The van der Waals surface area contributed by atoms with Gasteiger partial charge in [0, 0.05) is 11.4 Å². The van der Waals surface area contributed by atoms with E-state index >= 15 is 0 Å². The number of aryl methyl sites for hydroxylation is 2. The van der Waals surface area contributed by atoms with Crippen LogP contribution in [-0.2, 0) is 12.7 Å². The van der Waals surface area contributed by atoms with Gasteiger partial charge in [-0.1, -0.05) is 12.1 Å². The molecular weight excluding hydrogens is 265 g/mol. The number of hydrogen-bond donors (Lipinski definition) is 1. The number of halogens is 3. The van der Waals surface area contributed by atoms with Gasteiger partial charge in [0.25, 0.3) is 0 Å². The highest BCUT2D eigenvalue weighted by Gasteiger charge is 2.32. The molecule has 0 fully saturated rings. The van der Waals surface area contributed by atoms with Crippen molar-refractivity contribution in [2.24, 2.45) is 0 Å². The zero-order chi connectivity index (χ0) is 14.8.